The van der Waals surface area contributed by atoms with Crippen molar-refractivity contribution in [2.24, 2.45) is 0 Å². The van der Waals surface area contributed by atoms with E-state index in [0.29, 0.717) is 5.56 Å². The van der Waals surface area contributed by atoms with Crippen molar-refractivity contribution < 1.29 is 9.90 Å². The van der Waals surface area contributed by atoms with Gasteiger partial charge >= 0.3 is 0 Å². The van der Waals surface area contributed by atoms with E-state index in [4.69, 9.17) is 5.11 Å². The van der Waals surface area contributed by atoms with Gasteiger partial charge in [-0.1, -0.05) is 0 Å². The second kappa shape index (κ2) is 4.32. The minimum absolute atomic E-state index is 0.0714. The zero-order chi connectivity index (χ0) is 11.5. The Bertz CT molecular complexity index is 507. The summed E-state index contributed by atoms with van der Waals surface area (Å²) in [7, 11) is 0. The van der Waals surface area contributed by atoms with Gasteiger partial charge in [0.1, 0.15) is 0 Å². The molecule has 0 aliphatic heterocycles. The van der Waals surface area contributed by atoms with Crippen LogP contribution in [0.1, 0.15) is 17.3 Å². The summed E-state index contributed by atoms with van der Waals surface area (Å²) in [4.78, 5) is 18.7. The van der Waals surface area contributed by atoms with Gasteiger partial charge in [0.25, 0.3) is 5.91 Å². The van der Waals surface area contributed by atoms with Crippen LogP contribution in [0, 0.1) is 0 Å². The summed E-state index contributed by atoms with van der Waals surface area (Å²) in [5.41, 5.74) is 2.20. The molecule has 1 heterocycles. The Balaban J connectivity index is 2.22. The van der Waals surface area contributed by atoms with E-state index in [1.165, 1.54) is 0 Å². The highest BCUT2D eigenvalue weighted by atomic mass is 16.3. The molecule has 16 heavy (non-hydrogen) atoms. The Kier molecular flexibility index (Phi) is 2.87. The van der Waals surface area contributed by atoms with Crippen LogP contribution in [-0.2, 0) is 0 Å². The average molecular weight is 219 g/mol. The molecule has 3 N–H and O–H groups in total. The monoisotopic (exact) mass is 219 g/mol. The minimum atomic E-state index is -0.245. The van der Waals surface area contributed by atoms with Crippen molar-refractivity contribution in [3.8, 4) is 0 Å². The summed E-state index contributed by atoms with van der Waals surface area (Å²) < 4.78 is 0. The van der Waals surface area contributed by atoms with Crippen LogP contribution in [0.15, 0.2) is 24.5 Å². The highest BCUT2D eigenvalue weighted by Crippen LogP contribution is 2.11. The molecule has 2 aromatic rings. The van der Waals surface area contributed by atoms with Crippen molar-refractivity contribution in [2.75, 3.05) is 6.61 Å². The lowest BCUT2D eigenvalue weighted by atomic mass is 10.2. The molecule has 0 saturated heterocycles. The second-order valence-corrected chi connectivity index (χ2v) is 3.69. The van der Waals surface area contributed by atoms with Gasteiger partial charge in [0.15, 0.2) is 0 Å². The molecule has 1 aromatic carbocycles. The quantitative estimate of drug-likeness (QED) is 0.710. The number of rotatable bonds is 3. The number of amides is 1. The Morgan fingerprint density at radius 3 is 3.19 bits per heavy atom. The van der Waals surface area contributed by atoms with E-state index in [-0.39, 0.29) is 18.6 Å². The zero-order valence-corrected chi connectivity index (χ0v) is 8.90. The topological polar surface area (TPSA) is 78.0 Å². The number of carbonyl (C=O) groups excluding carboxylic acids is 1. The predicted octanol–water partition coefficient (Wildman–Crippen LogP) is 0.674. The minimum Gasteiger partial charge on any atom is -0.394 e. The van der Waals surface area contributed by atoms with E-state index in [9.17, 15) is 4.79 Å². The van der Waals surface area contributed by atoms with Crippen LogP contribution in [-0.4, -0.2) is 33.6 Å². The van der Waals surface area contributed by atoms with Gasteiger partial charge in [-0.15, -0.1) is 0 Å². The van der Waals surface area contributed by atoms with Crippen molar-refractivity contribution in [3.63, 3.8) is 0 Å². The summed E-state index contributed by atoms with van der Waals surface area (Å²) in [5, 5.41) is 11.5. The molecule has 0 bridgehead atoms. The fourth-order valence-corrected chi connectivity index (χ4v) is 1.43. The van der Waals surface area contributed by atoms with Crippen molar-refractivity contribution in [3.05, 3.63) is 30.1 Å². The number of carbonyl (C=O) groups is 1. The first-order valence-corrected chi connectivity index (χ1v) is 5.05. The number of nitrogens with zero attached hydrogens (tertiary/aromatic N) is 1. The normalized spacial score (nSPS) is 12.6. The molecule has 0 saturated carbocycles. The van der Waals surface area contributed by atoms with Gasteiger partial charge < -0.3 is 15.4 Å². The highest BCUT2D eigenvalue weighted by Gasteiger charge is 2.09. The SMILES string of the molecule is C[C@H](CO)NC(=O)c1ccc2nc[nH]c2c1. The zero-order valence-electron chi connectivity index (χ0n) is 8.90. The maximum absolute atomic E-state index is 11.7. The van der Waals surface area contributed by atoms with Gasteiger partial charge in [-0.05, 0) is 25.1 Å². The number of H-pyrrole nitrogens is 1. The number of hydrogen-bond acceptors (Lipinski definition) is 3. The molecule has 5 heteroatoms. The molecule has 0 aliphatic rings. The molecule has 1 atom stereocenters. The lowest BCUT2D eigenvalue weighted by molar-refractivity contribution is 0.0922. The molecule has 1 aromatic heterocycles. The molecular formula is C11H13N3O2. The van der Waals surface area contributed by atoms with Gasteiger partial charge in [0.05, 0.1) is 24.0 Å². The van der Waals surface area contributed by atoms with Crippen molar-refractivity contribution in [1.29, 1.82) is 0 Å². The third-order valence-electron chi connectivity index (χ3n) is 2.33. The molecule has 0 radical (unpaired) electrons. The Hall–Kier alpha value is -1.88. The Labute approximate surface area is 92.5 Å². The number of aliphatic hydroxyl groups is 1. The molecule has 0 spiro atoms. The van der Waals surface area contributed by atoms with E-state index >= 15 is 0 Å². The van der Waals surface area contributed by atoms with E-state index < -0.39 is 0 Å². The fourth-order valence-electron chi connectivity index (χ4n) is 1.43. The van der Waals surface area contributed by atoms with E-state index in [1.807, 2.05) is 0 Å². The number of hydrogen-bond donors (Lipinski definition) is 3. The van der Waals surface area contributed by atoms with E-state index in [1.54, 1.807) is 31.5 Å². The molecule has 0 unspecified atom stereocenters. The summed E-state index contributed by atoms with van der Waals surface area (Å²) in [5.74, 6) is -0.196. The number of benzene rings is 1. The van der Waals surface area contributed by atoms with Crippen molar-refractivity contribution >= 4 is 16.9 Å². The van der Waals surface area contributed by atoms with Crippen LogP contribution >= 0.6 is 0 Å². The van der Waals surface area contributed by atoms with Crippen LogP contribution < -0.4 is 5.32 Å². The van der Waals surface area contributed by atoms with E-state index in [0.717, 1.165) is 11.0 Å². The van der Waals surface area contributed by atoms with Gasteiger partial charge in [-0.3, -0.25) is 4.79 Å². The molecule has 5 nitrogen and oxygen atoms in total. The molecule has 0 fully saturated rings. The van der Waals surface area contributed by atoms with Crippen molar-refractivity contribution in [2.45, 2.75) is 13.0 Å². The number of fused-ring (bicyclic) bond motifs is 1. The standard InChI is InChI=1S/C11H13N3O2/c1-7(5-15)14-11(16)8-2-3-9-10(4-8)13-6-12-9/h2-4,6-7,15H,5H2,1H3,(H,12,13)(H,14,16)/t7-/m1/s1. The number of imidazole rings is 1. The van der Waals surface area contributed by atoms with Crippen LogP contribution in [0.3, 0.4) is 0 Å². The lowest BCUT2D eigenvalue weighted by Crippen LogP contribution is -2.34. The van der Waals surface area contributed by atoms with E-state index in [2.05, 4.69) is 15.3 Å². The largest absolute Gasteiger partial charge is 0.394 e. The predicted molar refractivity (Wildman–Crippen MR) is 60.1 cm³/mol. The summed E-state index contributed by atoms with van der Waals surface area (Å²) in [6.45, 7) is 1.67. The summed E-state index contributed by atoms with van der Waals surface area (Å²) >= 11 is 0. The maximum atomic E-state index is 11.7. The summed E-state index contributed by atoms with van der Waals surface area (Å²) in [6.07, 6.45) is 1.59. The summed E-state index contributed by atoms with van der Waals surface area (Å²) in [6, 6.07) is 4.99. The third-order valence-corrected chi connectivity index (χ3v) is 2.33. The van der Waals surface area contributed by atoms with Crippen LogP contribution in [0.25, 0.3) is 11.0 Å². The molecule has 2 rings (SSSR count). The maximum Gasteiger partial charge on any atom is 0.251 e. The second-order valence-electron chi connectivity index (χ2n) is 3.69. The Morgan fingerprint density at radius 2 is 2.44 bits per heavy atom. The number of aromatic amines is 1. The average Bonchev–Trinajstić information content (AvgIpc) is 2.75. The first-order chi connectivity index (χ1) is 7.70. The fraction of sp³-hybridized carbons (Fsp3) is 0.273. The molecule has 1 amide bonds. The molecule has 84 valence electrons. The number of nitrogens with one attached hydrogen (secondary N) is 2. The number of aliphatic hydroxyl groups excluding tert-OH is 1. The molecule has 0 aliphatic carbocycles. The third kappa shape index (κ3) is 2.04. The van der Waals surface area contributed by atoms with Gasteiger partial charge in [-0.2, -0.15) is 0 Å². The van der Waals surface area contributed by atoms with Gasteiger partial charge in [0.2, 0.25) is 0 Å². The lowest BCUT2D eigenvalue weighted by Gasteiger charge is -2.10. The molecular weight excluding hydrogens is 206 g/mol. The first kappa shape index (κ1) is 10.6. The van der Waals surface area contributed by atoms with Crippen LogP contribution in [0.4, 0.5) is 0 Å². The Morgan fingerprint density at radius 1 is 1.62 bits per heavy atom. The van der Waals surface area contributed by atoms with Crippen molar-refractivity contribution in [1.82, 2.24) is 15.3 Å². The smallest absolute Gasteiger partial charge is 0.251 e. The van der Waals surface area contributed by atoms with Gasteiger partial charge in [0, 0.05) is 11.6 Å². The van der Waals surface area contributed by atoms with Gasteiger partial charge in [-0.25, -0.2) is 4.98 Å². The first-order valence-electron chi connectivity index (χ1n) is 5.05. The van der Waals surface area contributed by atoms with Crippen LogP contribution in [0.5, 0.6) is 0 Å². The highest BCUT2D eigenvalue weighted by molar-refractivity contribution is 5.97. The van der Waals surface area contributed by atoms with Crippen LogP contribution in [0.2, 0.25) is 0 Å². The number of aromatic nitrogens is 2.